The fraction of sp³-hybridized carbons (Fsp3) is 0.850. The zero-order valence-electron chi connectivity index (χ0n) is 15.6. The number of carbonyl (C=O) groups is 3. The van der Waals surface area contributed by atoms with E-state index >= 15 is 0 Å². The highest BCUT2D eigenvalue weighted by atomic mass is 16.6. The predicted octanol–water partition coefficient (Wildman–Crippen LogP) is 2.77. The summed E-state index contributed by atoms with van der Waals surface area (Å²) in [5.41, 5.74) is -0.437. The zero-order valence-corrected chi connectivity index (χ0v) is 15.6. The van der Waals surface area contributed by atoms with Crippen molar-refractivity contribution in [3.63, 3.8) is 0 Å². The van der Waals surface area contributed by atoms with Crippen molar-refractivity contribution >= 4 is 17.9 Å². The maximum absolute atomic E-state index is 13.0. The van der Waals surface area contributed by atoms with Crippen LogP contribution in [0.4, 0.5) is 0 Å². The molecule has 4 rings (SSSR count). The highest BCUT2D eigenvalue weighted by molar-refractivity contribution is 5.86. The van der Waals surface area contributed by atoms with Crippen LogP contribution in [0.15, 0.2) is 0 Å². The first-order chi connectivity index (χ1) is 12.4. The highest BCUT2D eigenvalue weighted by Gasteiger charge is 2.70. The summed E-state index contributed by atoms with van der Waals surface area (Å²) in [5, 5.41) is 0. The van der Waals surface area contributed by atoms with Crippen LogP contribution < -0.4 is 0 Å². The standard InChI is InChI=1S/C20H28O6/c1-3-7-13(21)24-16-12-10-11-14(18(22)25-17(11)16)15(12)19(23)26-20(2)8-5-4-6-9-20/h11-12,14-17H,3-10H2,1-2H3. The molecule has 1 saturated heterocycles. The quantitative estimate of drug-likeness (QED) is 0.551. The first-order valence-corrected chi connectivity index (χ1v) is 10.1. The second-order valence-electron chi connectivity index (χ2n) is 8.65. The highest BCUT2D eigenvalue weighted by Crippen LogP contribution is 2.59. The minimum Gasteiger partial charge on any atom is -0.459 e. The van der Waals surface area contributed by atoms with Crippen molar-refractivity contribution in [1.29, 1.82) is 0 Å². The molecule has 6 heteroatoms. The lowest BCUT2D eigenvalue weighted by atomic mass is 9.78. The predicted molar refractivity (Wildman–Crippen MR) is 90.8 cm³/mol. The number of rotatable bonds is 5. The van der Waals surface area contributed by atoms with E-state index in [1.807, 2.05) is 13.8 Å². The molecule has 3 saturated carbocycles. The molecule has 4 fully saturated rings. The smallest absolute Gasteiger partial charge is 0.310 e. The van der Waals surface area contributed by atoms with Crippen molar-refractivity contribution in [1.82, 2.24) is 0 Å². The molecule has 26 heavy (non-hydrogen) atoms. The van der Waals surface area contributed by atoms with E-state index in [9.17, 15) is 14.4 Å². The normalized spacial score (nSPS) is 39.5. The molecule has 3 aliphatic carbocycles. The van der Waals surface area contributed by atoms with Gasteiger partial charge in [-0.1, -0.05) is 13.3 Å². The largest absolute Gasteiger partial charge is 0.459 e. The van der Waals surface area contributed by atoms with Crippen LogP contribution in [-0.2, 0) is 28.6 Å². The Labute approximate surface area is 153 Å². The molecule has 0 amide bonds. The van der Waals surface area contributed by atoms with Gasteiger partial charge in [-0.3, -0.25) is 14.4 Å². The molecule has 6 unspecified atom stereocenters. The van der Waals surface area contributed by atoms with Gasteiger partial charge in [0.25, 0.3) is 0 Å². The Morgan fingerprint density at radius 2 is 1.92 bits per heavy atom. The Kier molecular flexibility index (Phi) is 4.48. The summed E-state index contributed by atoms with van der Waals surface area (Å²) >= 11 is 0. The van der Waals surface area contributed by atoms with Crippen LogP contribution in [0.25, 0.3) is 0 Å². The van der Waals surface area contributed by atoms with Crippen LogP contribution in [0.1, 0.15) is 65.2 Å². The summed E-state index contributed by atoms with van der Waals surface area (Å²) in [6.07, 6.45) is 5.89. The molecule has 0 aromatic rings. The summed E-state index contributed by atoms with van der Waals surface area (Å²) in [4.78, 5) is 37.4. The van der Waals surface area contributed by atoms with E-state index in [-0.39, 0.29) is 35.8 Å². The number of hydrogen-bond donors (Lipinski definition) is 0. The molecule has 0 aromatic heterocycles. The van der Waals surface area contributed by atoms with Crippen LogP contribution in [0.2, 0.25) is 0 Å². The van der Waals surface area contributed by atoms with Gasteiger partial charge in [0, 0.05) is 18.3 Å². The lowest BCUT2D eigenvalue weighted by Crippen LogP contribution is -2.46. The maximum atomic E-state index is 13.0. The van der Waals surface area contributed by atoms with E-state index in [1.165, 1.54) is 6.42 Å². The molecule has 1 aliphatic heterocycles. The molecule has 0 spiro atoms. The van der Waals surface area contributed by atoms with Crippen LogP contribution in [0, 0.1) is 23.7 Å². The van der Waals surface area contributed by atoms with Gasteiger partial charge in [0.15, 0.2) is 0 Å². The third-order valence-corrected chi connectivity index (χ3v) is 6.80. The molecule has 4 aliphatic rings. The third-order valence-electron chi connectivity index (χ3n) is 6.80. The van der Waals surface area contributed by atoms with E-state index in [4.69, 9.17) is 14.2 Å². The van der Waals surface area contributed by atoms with Gasteiger partial charge in [0.1, 0.15) is 17.8 Å². The first kappa shape index (κ1) is 17.8. The molecule has 6 nitrogen and oxygen atoms in total. The summed E-state index contributed by atoms with van der Waals surface area (Å²) < 4.78 is 17.1. The number of fused-ring (bicyclic) bond motifs is 1. The van der Waals surface area contributed by atoms with Gasteiger partial charge < -0.3 is 14.2 Å². The monoisotopic (exact) mass is 364 g/mol. The Bertz CT molecular complexity index is 607. The SMILES string of the molecule is CCCC(=O)OC1C2CC3C1OC(=O)C3C2C(=O)OC1(C)CCCCC1. The lowest BCUT2D eigenvalue weighted by Gasteiger charge is -2.36. The van der Waals surface area contributed by atoms with Crippen LogP contribution >= 0.6 is 0 Å². The number of hydrogen-bond acceptors (Lipinski definition) is 6. The second kappa shape index (κ2) is 6.54. The second-order valence-corrected chi connectivity index (χ2v) is 8.65. The number of esters is 3. The molecule has 2 bridgehead atoms. The van der Waals surface area contributed by atoms with Crippen molar-refractivity contribution in [3.8, 4) is 0 Å². The fourth-order valence-electron chi connectivity index (χ4n) is 5.60. The molecule has 6 atom stereocenters. The zero-order chi connectivity index (χ0) is 18.5. The molecule has 0 aromatic carbocycles. The van der Waals surface area contributed by atoms with E-state index in [0.29, 0.717) is 19.3 Å². The molecular formula is C20H28O6. The maximum Gasteiger partial charge on any atom is 0.310 e. The molecule has 1 heterocycles. The summed E-state index contributed by atoms with van der Waals surface area (Å²) in [6.45, 7) is 3.91. The van der Waals surface area contributed by atoms with Crippen molar-refractivity contribution < 1.29 is 28.6 Å². The minimum atomic E-state index is -0.538. The van der Waals surface area contributed by atoms with E-state index in [0.717, 1.165) is 25.7 Å². The van der Waals surface area contributed by atoms with Gasteiger partial charge in [0.2, 0.25) is 0 Å². The van der Waals surface area contributed by atoms with Gasteiger partial charge in [-0.15, -0.1) is 0 Å². The van der Waals surface area contributed by atoms with E-state index in [2.05, 4.69) is 0 Å². The lowest BCUT2D eigenvalue weighted by molar-refractivity contribution is -0.176. The first-order valence-electron chi connectivity index (χ1n) is 10.1. The minimum absolute atomic E-state index is 0.0244. The fourth-order valence-corrected chi connectivity index (χ4v) is 5.60. The third kappa shape index (κ3) is 2.81. The van der Waals surface area contributed by atoms with Crippen molar-refractivity contribution in [2.24, 2.45) is 23.7 Å². The van der Waals surface area contributed by atoms with Crippen molar-refractivity contribution in [2.75, 3.05) is 0 Å². The van der Waals surface area contributed by atoms with Gasteiger partial charge in [-0.25, -0.2) is 0 Å². The van der Waals surface area contributed by atoms with Gasteiger partial charge >= 0.3 is 17.9 Å². The summed E-state index contributed by atoms with van der Waals surface area (Å²) in [7, 11) is 0. The Morgan fingerprint density at radius 3 is 2.62 bits per heavy atom. The van der Waals surface area contributed by atoms with Crippen LogP contribution in [0.5, 0.6) is 0 Å². The summed E-state index contributed by atoms with van der Waals surface area (Å²) in [5.74, 6) is -2.07. The number of ether oxygens (including phenoxy) is 3. The Morgan fingerprint density at radius 1 is 1.19 bits per heavy atom. The van der Waals surface area contributed by atoms with E-state index < -0.39 is 23.5 Å². The van der Waals surface area contributed by atoms with Crippen molar-refractivity contribution in [2.45, 2.75) is 83.0 Å². The van der Waals surface area contributed by atoms with E-state index in [1.54, 1.807) is 0 Å². The van der Waals surface area contributed by atoms with Crippen molar-refractivity contribution in [3.05, 3.63) is 0 Å². The Balaban J connectivity index is 1.51. The Hall–Kier alpha value is -1.59. The van der Waals surface area contributed by atoms with Crippen LogP contribution in [0.3, 0.4) is 0 Å². The van der Waals surface area contributed by atoms with Crippen LogP contribution in [-0.4, -0.2) is 35.7 Å². The summed E-state index contributed by atoms with van der Waals surface area (Å²) in [6, 6.07) is 0. The average Bonchev–Trinajstić information content (AvgIpc) is 3.19. The molecule has 0 N–H and O–H groups in total. The molecule has 0 radical (unpaired) electrons. The molecule has 144 valence electrons. The molecular weight excluding hydrogens is 336 g/mol. The average molecular weight is 364 g/mol. The topological polar surface area (TPSA) is 78.9 Å². The van der Waals surface area contributed by atoms with Gasteiger partial charge in [0.05, 0.1) is 11.8 Å². The van der Waals surface area contributed by atoms with Gasteiger partial charge in [-0.05, 0) is 45.4 Å². The number of carbonyl (C=O) groups excluding carboxylic acids is 3. The van der Waals surface area contributed by atoms with Gasteiger partial charge in [-0.2, -0.15) is 0 Å².